The van der Waals surface area contributed by atoms with Crippen molar-refractivity contribution in [3.8, 4) is 11.1 Å². The molecular weight excluding hydrogens is 453 g/mol. The minimum Gasteiger partial charge on any atom is -0.550 e. The number of hydrogen-bond acceptors (Lipinski definition) is 6. The predicted molar refractivity (Wildman–Crippen MR) is 119 cm³/mol. The largest absolute Gasteiger partial charge is 2.00 e. The number of halogens is 1. The fraction of sp³-hybridized carbons (Fsp3) is 0.360. The van der Waals surface area contributed by atoms with Gasteiger partial charge in [-0.25, -0.2) is 4.39 Å². The number of ether oxygens (including phenoxy) is 1. The van der Waals surface area contributed by atoms with E-state index in [1.165, 1.54) is 12.1 Å². The van der Waals surface area contributed by atoms with Gasteiger partial charge in [-0.2, -0.15) is 0 Å². The summed E-state index contributed by atoms with van der Waals surface area (Å²) >= 11 is 0. The summed E-state index contributed by atoms with van der Waals surface area (Å²) in [6.07, 6.45) is -1.89. The molecular formula is C25H23CaFNO5+. The van der Waals surface area contributed by atoms with Gasteiger partial charge in [0.1, 0.15) is 18.0 Å². The number of pyridine rings is 1. The number of carbonyl (C=O) groups excluding carboxylic acids is 1. The van der Waals surface area contributed by atoms with E-state index in [9.17, 15) is 24.5 Å². The number of carboxylic acids is 1. The number of nitrogens with zero attached hydrogens (tertiary/aromatic N) is 1. The van der Waals surface area contributed by atoms with Crippen molar-refractivity contribution in [2.75, 3.05) is 0 Å². The average Bonchev–Trinajstić information content (AvgIpc) is 3.66. The van der Waals surface area contributed by atoms with Gasteiger partial charge in [-0.1, -0.05) is 30.3 Å². The monoisotopic (exact) mass is 476 g/mol. The van der Waals surface area contributed by atoms with Crippen LogP contribution in [0.2, 0.25) is 0 Å². The molecule has 1 aromatic heterocycles. The van der Waals surface area contributed by atoms with E-state index in [0.717, 1.165) is 46.1 Å². The van der Waals surface area contributed by atoms with Crippen molar-refractivity contribution in [3.05, 3.63) is 65.6 Å². The number of fused-ring (bicyclic) bond motifs is 1. The molecule has 2 N–H and O–H groups in total. The van der Waals surface area contributed by atoms with E-state index in [4.69, 9.17) is 9.72 Å². The van der Waals surface area contributed by atoms with Crippen molar-refractivity contribution in [1.29, 1.82) is 0 Å². The number of aromatic nitrogens is 1. The molecule has 1 saturated carbocycles. The number of rotatable bonds is 8. The van der Waals surface area contributed by atoms with Crippen molar-refractivity contribution in [2.24, 2.45) is 0 Å². The molecule has 2 aliphatic rings. The van der Waals surface area contributed by atoms with Gasteiger partial charge in [-0.15, -0.1) is 0 Å². The third kappa shape index (κ3) is 5.24. The van der Waals surface area contributed by atoms with E-state index >= 15 is 0 Å². The molecule has 8 heteroatoms. The number of hydrogen-bond donors (Lipinski definition) is 2. The summed E-state index contributed by atoms with van der Waals surface area (Å²) in [5.74, 6) is -1.39. The Labute approximate surface area is 220 Å². The number of carboxylic acid groups (broad SMARTS) is 1. The van der Waals surface area contributed by atoms with Gasteiger partial charge in [0.05, 0.1) is 23.4 Å². The van der Waals surface area contributed by atoms with E-state index < -0.39 is 36.8 Å². The van der Waals surface area contributed by atoms with Gasteiger partial charge in [0.2, 0.25) is 0 Å². The molecule has 1 aliphatic heterocycles. The first-order valence-corrected chi connectivity index (χ1v) is 10.8. The van der Waals surface area contributed by atoms with Gasteiger partial charge in [-0.05, 0) is 42.2 Å². The van der Waals surface area contributed by atoms with Crippen molar-refractivity contribution < 1.29 is 29.2 Å². The second-order valence-corrected chi connectivity index (χ2v) is 8.64. The molecule has 4 atom stereocenters. The zero-order valence-electron chi connectivity index (χ0n) is 18.0. The fourth-order valence-corrected chi connectivity index (χ4v) is 4.47. The third-order valence-corrected chi connectivity index (χ3v) is 6.16. The van der Waals surface area contributed by atoms with Crippen LogP contribution in [0.5, 0.6) is 0 Å². The van der Waals surface area contributed by atoms with E-state index in [1.54, 1.807) is 12.1 Å². The van der Waals surface area contributed by atoms with E-state index in [2.05, 4.69) is 0 Å². The molecule has 0 bridgehead atoms. The summed E-state index contributed by atoms with van der Waals surface area (Å²) in [6.45, 7) is 0. The van der Waals surface area contributed by atoms with Crippen molar-refractivity contribution >= 4 is 54.6 Å². The molecule has 0 radical (unpaired) electrons. The Morgan fingerprint density at radius 3 is 2.52 bits per heavy atom. The Morgan fingerprint density at radius 1 is 1.15 bits per heavy atom. The predicted octanol–water partition coefficient (Wildman–Crippen LogP) is 2.23. The summed E-state index contributed by atoms with van der Waals surface area (Å²) in [5.41, 5.74) is 4.41. The van der Waals surface area contributed by atoms with Crippen LogP contribution < -0.4 is 5.11 Å². The Bertz CT molecular complexity index is 1170. The van der Waals surface area contributed by atoms with Crippen LogP contribution in [0.25, 0.3) is 22.0 Å². The number of aliphatic hydroxyl groups excluding tert-OH is 2. The second-order valence-electron chi connectivity index (χ2n) is 8.64. The van der Waals surface area contributed by atoms with E-state index in [0.29, 0.717) is 5.92 Å². The normalized spacial score (nSPS) is 21.3. The van der Waals surface area contributed by atoms with Crippen LogP contribution >= 0.6 is 0 Å². The van der Waals surface area contributed by atoms with Crippen molar-refractivity contribution in [3.63, 3.8) is 0 Å². The third-order valence-electron chi connectivity index (χ3n) is 6.16. The number of para-hydroxylation sites is 1. The summed E-state index contributed by atoms with van der Waals surface area (Å²) < 4.78 is 19.5. The quantitative estimate of drug-likeness (QED) is 0.382. The molecule has 5 rings (SSSR count). The average molecular weight is 477 g/mol. The maximum absolute atomic E-state index is 13.6. The summed E-state index contributed by atoms with van der Waals surface area (Å²) in [5, 5.41) is 32.1. The van der Waals surface area contributed by atoms with E-state index in [1.807, 2.05) is 24.3 Å². The number of aliphatic carboxylic acids is 1. The molecule has 166 valence electrons. The minimum absolute atomic E-state index is 0. The Balaban J connectivity index is 0.00000259. The van der Waals surface area contributed by atoms with Gasteiger partial charge in [-0.3, -0.25) is 4.98 Å². The van der Waals surface area contributed by atoms with Crippen LogP contribution in [0.15, 0.2) is 48.5 Å². The summed E-state index contributed by atoms with van der Waals surface area (Å²) in [7, 11) is 0. The molecule has 2 fully saturated rings. The Hall–Kier alpha value is -1.61. The summed E-state index contributed by atoms with van der Waals surface area (Å²) in [6, 6.07) is 14.1. The van der Waals surface area contributed by atoms with Crippen molar-refractivity contribution in [1.82, 2.24) is 4.98 Å². The second kappa shape index (κ2) is 9.94. The SMILES string of the molecule is O=C([O-])C[C@@H](O)C[C@H](O)C1OC1c1c(C2CC2)nc2ccccc2c1-c1ccc(F)cc1.[Ca+2]. The van der Waals surface area contributed by atoms with Crippen LogP contribution in [-0.4, -0.2) is 77.2 Å². The molecule has 1 saturated heterocycles. The standard InChI is InChI=1S/C25H24FNO5.Ca/c26-15-9-7-13(8-10-15)21-17-3-1-2-4-18(17)27-23(14-5-6-14)22(21)25-24(32-25)19(29)11-16(28)12-20(30)31;/h1-4,7-10,14,16,19,24-25,28-29H,5-6,11-12H2,(H,30,31);/q;+2/p-1/t16-,19-,24?,25?;/m0./s1. The van der Waals surface area contributed by atoms with Crippen LogP contribution in [0.3, 0.4) is 0 Å². The van der Waals surface area contributed by atoms with Crippen LogP contribution in [-0.2, 0) is 9.53 Å². The number of epoxide rings is 1. The summed E-state index contributed by atoms with van der Waals surface area (Å²) in [4.78, 5) is 15.6. The smallest absolute Gasteiger partial charge is 0.550 e. The van der Waals surface area contributed by atoms with Gasteiger partial charge >= 0.3 is 37.7 Å². The molecule has 2 heterocycles. The number of aliphatic hydroxyl groups is 2. The van der Waals surface area contributed by atoms with Gasteiger partial charge < -0.3 is 24.9 Å². The molecule has 2 unspecified atom stereocenters. The van der Waals surface area contributed by atoms with Crippen LogP contribution in [0, 0.1) is 5.82 Å². The molecule has 6 nitrogen and oxygen atoms in total. The first kappa shape index (κ1) is 24.5. The molecule has 2 aromatic carbocycles. The Morgan fingerprint density at radius 2 is 1.85 bits per heavy atom. The molecule has 0 amide bonds. The molecule has 33 heavy (non-hydrogen) atoms. The van der Waals surface area contributed by atoms with Crippen molar-refractivity contribution in [2.45, 2.75) is 56.0 Å². The first-order chi connectivity index (χ1) is 15.4. The number of carbonyl (C=O) groups is 1. The maximum Gasteiger partial charge on any atom is 2.00 e. The van der Waals surface area contributed by atoms with E-state index in [-0.39, 0.29) is 50.0 Å². The topological polar surface area (TPSA) is 106 Å². The first-order valence-electron chi connectivity index (χ1n) is 10.8. The van der Waals surface area contributed by atoms with Gasteiger partial charge in [0.15, 0.2) is 0 Å². The molecule has 0 spiro atoms. The minimum atomic E-state index is -1.37. The maximum atomic E-state index is 13.6. The number of benzene rings is 2. The van der Waals surface area contributed by atoms with Gasteiger partial charge in [0, 0.05) is 35.7 Å². The molecule has 3 aromatic rings. The van der Waals surface area contributed by atoms with Crippen LogP contribution in [0.1, 0.15) is 49.0 Å². The van der Waals surface area contributed by atoms with Gasteiger partial charge in [0.25, 0.3) is 0 Å². The molecule has 1 aliphatic carbocycles. The zero-order valence-corrected chi connectivity index (χ0v) is 20.2. The fourth-order valence-electron chi connectivity index (χ4n) is 4.47. The van der Waals surface area contributed by atoms with Crippen LogP contribution in [0.4, 0.5) is 4.39 Å². The zero-order chi connectivity index (χ0) is 22.4. The Kier molecular flexibility index (Phi) is 7.38.